The molecule has 0 aliphatic carbocycles. The van der Waals surface area contributed by atoms with Crippen molar-refractivity contribution in [2.45, 2.75) is 16.3 Å². The maximum atomic E-state index is 13.9. The van der Waals surface area contributed by atoms with E-state index in [1.165, 1.54) is 45.0 Å². The number of hydrogen-bond acceptors (Lipinski definition) is 6. The number of ether oxygens (including phenoxy) is 1. The van der Waals surface area contributed by atoms with E-state index in [0.29, 0.717) is 18.9 Å². The number of sulfonamides is 2. The lowest BCUT2D eigenvalue weighted by Gasteiger charge is -2.27. The van der Waals surface area contributed by atoms with Crippen molar-refractivity contribution in [2.24, 2.45) is 0 Å². The number of benzene rings is 4. The van der Waals surface area contributed by atoms with E-state index < -0.39 is 26.0 Å². The second-order valence-electron chi connectivity index (χ2n) is 9.32. The van der Waals surface area contributed by atoms with Gasteiger partial charge in [-0.25, -0.2) is 16.8 Å². The first-order chi connectivity index (χ1) is 19.8. The summed E-state index contributed by atoms with van der Waals surface area (Å²) in [6.45, 7) is 1.25. The highest BCUT2D eigenvalue weighted by molar-refractivity contribution is 7.92. The average molecular weight is 592 g/mol. The monoisotopic (exact) mass is 591 g/mol. The molecule has 5 rings (SSSR count). The van der Waals surface area contributed by atoms with E-state index in [2.05, 4.69) is 5.32 Å². The molecule has 0 radical (unpaired) electrons. The van der Waals surface area contributed by atoms with Gasteiger partial charge in [-0.05, 0) is 54.1 Å². The zero-order valence-electron chi connectivity index (χ0n) is 22.1. The lowest BCUT2D eigenvalue weighted by Crippen LogP contribution is -2.40. The quantitative estimate of drug-likeness (QED) is 0.310. The first-order valence-corrected chi connectivity index (χ1v) is 15.8. The van der Waals surface area contributed by atoms with Crippen LogP contribution >= 0.6 is 0 Å². The van der Waals surface area contributed by atoms with Gasteiger partial charge < -0.3 is 10.1 Å². The Labute approximate surface area is 240 Å². The molecule has 1 amide bonds. The molecule has 0 aromatic heterocycles. The number of carbonyl (C=O) groups excluding carboxylic acids is 1. The molecule has 0 bridgehead atoms. The summed E-state index contributed by atoms with van der Waals surface area (Å²) in [4.78, 5) is 13.7. The van der Waals surface area contributed by atoms with E-state index in [9.17, 15) is 21.6 Å². The number of rotatable bonds is 9. The number of carbonyl (C=O) groups is 1. The van der Waals surface area contributed by atoms with Crippen LogP contribution in [0.15, 0.2) is 119 Å². The number of nitrogens with zero attached hydrogens (tertiary/aromatic N) is 2. The highest BCUT2D eigenvalue weighted by Gasteiger charge is 2.29. The number of hydrogen-bond donors (Lipinski definition) is 1. The fourth-order valence-electron chi connectivity index (χ4n) is 4.50. The minimum atomic E-state index is -4.04. The molecule has 1 aliphatic rings. The Morgan fingerprint density at radius 2 is 1.32 bits per heavy atom. The van der Waals surface area contributed by atoms with Crippen LogP contribution in [-0.2, 0) is 31.3 Å². The summed E-state index contributed by atoms with van der Waals surface area (Å²) in [6.07, 6.45) is 0. The minimum absolute atomic E-state index is 0.0104. The smallest absolute Gasteiger partial charge is 0.264 e. The van der Waals surface area contributed by atoms with Gasteiger partial charge in [0.15, 0.2) is 0 Å². The number of morpholine rings is 1. The Kier molecular flexibility index (Phi) is 8.50. The molecule has 0 spiro atoms. The van der Waals surface area contributed by atoms with Gasteiger partial charge in [0.25, 0.3) is 15.9 Å². The van der Waals surface area contributed by atoms with Gasteiger partial charge in [0.1, 0.15) is 0 Å². The highest BCUT2D eigenvalue weighted by atomic mass is 32.2. The summed E-state index contributed by atoms with van der Waals surface area (Å²) < 4.78 is 61.4. The van der Waals surface area contributed by atoms with Gasteiger partial charge in [-0.15, -0.1) is 0 Å². The predicted molar refractivity (Wildman–Crippen MR) is 157 cm³/mol. The second kappa shape index (κ2) is 12.2. The van der Waals surface area contributed by atoms with Gasteiger partial charge in [-0.1, -0.05) is 60.7 Å². The fourth-order valence-corrected chi connectivity index (χ4v) is 7.40. The van der Waals surface area contributed by atoms with E-state index in [-0.39, 0.29) is 40.7 Å². The molecule has 1 aliphatic heterocycles. The molecule has 11 heteroatoms. The topological polar surface area (TPSA) is 113 Å². The lowest BCUT2D eigenvalue weighted by atomic mass is 10.1. The van der Waals surface area contributed by atoms with Crippen LogP contribution in [0.4, 0.5) is 11.4 Å². The predicted octanol–water partition coefficient (Wildman–Crippen LogP) is 4.36. The number of nitrogens with one attached hydrogen (secondary N) is 1. The van der Waals surface area contributed by atoms with Crippen LogP contribution in [0.3, 0.4) is 0 Å². The third-order valence-electron chi connectivity index (χ3n) is 6.64. The molecule has 4 aromatic rings. The first kappa shape index (κ1) is 28.5. The van der Waals surface area contributed by atoms with E-state index in [1.807, 2.05) is 30.3 Å². The summed E-state index contributed by atoms with van der Waals surface area (Å²) in [5, 5.41) is 2.78. The van der Waals surface area contributed by atoms with E-state index in [4.69, 9.17) is 4.74 Å². The minimum Gasteiger partial charge on any atom is -0.379 e. The number of para-hydroxylation sites is 1. The van der Waals surface area contributed by atoms with E-state index in [0.717, 1.165) is 5.56 Å². The Morgan fingerprint density at radius 1 is 0.732 bits per heavy atom. The van der Waals surface area contributed by atoms with E-state index >= 15 is 0 Å². The molecular weight excluding hydrogens is 562 g/mol. The molecule has 0 saturated carbocycles. The van der Waals surface area contributed by atoms with Crippen molar-refractivity contribution in [3.05, 3.63) is 120 Å². The summed E-state index contributed by atoms with van der Waals surface area (Å²) in [5.41, 5.74) is 1.47. The maximum absolute atomic E-state index is 13.9. The van der Waals surface area contributed by atoms with Crippen molar-refractivity contribution in [3.63, 3.8) is 0 Å². The third kappa shape index (κ3) is 6.33. The van der Waals surface area contributed by atoms with Crippen LogP contribution in [0, 0.1) is 0 Å². The summed E-state index contributed by atoms with van der Waals surface area (Å²) in [7, 11) is -7.72. The molecular formula is C30H29N3O6S2. The van der Waals surface area contributed by atoms with Crippen LogP contribution in [0.25, 0.3) is 0 Å². The molecule has 1 N–H and O–H groups in total. The summed E-state index contributed by atoms with van der Waals surface area (Å²) in [6, 6.07) is 29.6. The van der Waals surface area contributed by atoms with Crippen LogP contribution < -0.4 is 9.62 Å². The lowest BCUT2D eigenvalue weighted by molar-refractivity contribution is 0.0730. The fraction of sp³-hybridized carbons (Fsp3) is 0.167. The maximum Gasteiger partial charge on any atom is 0.264 e. The Bertz CT molecular complexity index is 1710. The standard InChI is InChI=1S/C30H29N3O6S2/c34-30(31-25-15-17-27(18-16-25)40(35,36)32-19-21-39-22-20-32)28-13-7-8-14-29(28)33(23-24-9-3-1-4-10-24)41(37,38)26-11-5-2-6-12-26/h1-18H,19-23H2,(H,31,34). The highest BCUT2D eigenvalue weighted by Crippen LogP contribution is 2.30. The van der Waals surface area contributed by atoms with Crippen LogP contribution in [0.5, 0.6) is 0 Å². The van der Waals surface area contributed by atoms with Gasteiger partial charge in [-0.3, -0.25) is 9.10 Å². The van der Waals surface area contributed by atoms with Crippen molar-refractivity contribution >= 4 is 37.3 Å². The zero-order valence-corrected chi connectivity index (χ0v) is 23.7. The largest absolute Gasteiger partial charge is 0.379 e. The second-order valence-corrected chi connectivity index (χ2v) is 13.1. The molecule has 212 valence electrons. The average Bonchev–Trinajstić information content (AvgIpc) is 3.01. The molecule has 0 unspecified atom stereocenters. The number of anilines is 2. The van der Waals surface area contributed by atoms with Gasteiger partial charge in [0.2, 0.25) is 10.0 Å². The van der Waals surface area contributed by atoms with Crippen molar-refractivity contribution in [3.8, 4) is 0 Å². The zero-order chi connectivity index (χ0) is 28.9. The van der Waals surface area contributed by atoms with E-state index in [1.54, 1.807) is 42.5 Å². The normalized spacial score (nSPS) is 14.3. The van der Waals surface area contributed by atoms with Crippen molar-refractivity contribution in [1.29, 1.82) is 0 Å². The van der Waals surface area contributed by atoms with Crippen molar-refractivity contribution < 1.29 is 26.4 Å². The molecule has 9 nitrogen and oxygen atoms in total. The molecule has 1 fully saturated rings. The molecule has 0 atom stereocenters. The SMILES string of the molecule is O=C(Nc1ccc(S(=O)(=O)N2CCOCC2)cc1)c1ccccc1N(Cc1ccccc1)S(=O)(=O)c1ccccc1. The summed E-state index contributed by atoms with van der Waals surface area (Å²) in [5.74, 6) is -0.536. The van der Waals surface area contributed by atoms with Crippen LogP contribution in [0.1, 0.15) is 15.9 Å². The Hall–Kier alpha value is -4.03. The van der Waals surface area contributed by atoms with Crippen molar-refractivity contribution in [2.75, 3.05) is 35.9 Å². The Morgan fingerprint density at radius 3 is 1.98 bits per heavy atom. The Balaban J connectivity index is 1.44. The van der Waals surface area contributed by atoms with Gasteiger partial charge in [0, 0.05) is 18.8 Å². The van der Waals surface area contributed by atoms with Crippen LogP contribution in [-0.4, -0.2) is 53.4 Å². The van der Waals surface area contributed by atoms with Crippen molar-refractivity contribution in [1.82, 2.24) is 4.31 Å². The molecule has 41 heavy (non-hydrogen) atoms. The number of amides is 1. The van der Waals surface area contributed by atoms with Gasteiger partial charge >= 0.3 is 0 Å². The summed E-state index contributed by atoms with van der Waals surface area (Å²) >= 11 is 0. The van der Waals surface area contributed by atoms with Crippen LogP contribution in [0.2, 0.25) is 0 Å². The third-order valence-corrected chi connectivity index (χ3v) is 10.3. The molecule has 1 heterocycles. The molecule has 1 saturated heterocycles. The van der Waals surface area contributed by atoms with Gasteiger partial charge in [-0.2, -0.15) is 4.31 Å². The van der Waals surface area contributed by atoms with Gasteiger partial charge in [0.05, 0.1) is 40.8 Å². The molecule has 4 aromatic carbocycles. The first-order valence-electron chi connectivity index (χ1n) is 13.0.